The standard InChI is InChI=1S/C15H18ClN3O/c1-3-4-5-11-6-8-12(9-7-11)20-14-13(16)10-18-15(17-2)19-14/h6-10H,3-5H2,1-2H3,(H,17,18,19). The minimum absolute atomic E-state index is 0.354. The summed E-state index contributed by atoms with van der Waals surface area (Å²) < 4.78 is 5.69. The van der Waals surface area contributed by atoms with Crippen LogP contribution in [0.4, 0.5) is 5.95 Å². The lowest BCUT2D eigenvalue weighted by atomic mass is 10.1. The van der Waals surface area contributed by atoms with Crippen molar-refractivity contribution in [1.29, 1.82) is 0 Å². The fourth-order valence-corrected chi connectivity index (χ4v) is 1.89. The summed E-state index contributed by atoms with van der Waals surface area (Å²) in [5, 5.41) is 3.24. The molecular weight excluding hydrogens is 274 g/mol. The third-order valence-corrected chi connectivity index (χ3v) is 3.15. The van der Waals surface area contributed by atoms with Gasteiger partial charge in [0, 0.05) is 7.05 Å². The van der Waals surface area contributed by atoms with Crippen molar-refractivity contribution in [2.45, 2.75) is 26.2 Å². The summed E-state index contributed by atoms with van der Waals surface area (Å²) in [5.74, 6) is 1.55. The van der Waals surface area contributed by atoms with Crippen molar-refractivity contribution in [3.05, 3.63) is 41.0 Å². The molecule has 1 N–H and O–H groups in total. The topological polar surface area (TPSA) is 47.0 Å². The maximum absolute atomic E-state index is 6.03. The molecule has 0 radical (unpaired) electrons. The molecule has 0 amide bonds. The largest absolute Gasteiger partial charge is 0.437 e. The Balaban J connectivity index is 2.09. The van der Waals surface area contributed by atoms with Crippen molar-refractivity contribution in [3.63, 3.8) is 0 Å². The van der Waals surface area contributed by atoms with Crippen molar-refractivity contribution < 1.29 is 4.74 Å². The molecule has 0 unspecified atom stereocenters. The molecule has 0 aliphatic carbocycles. The summed E-state index contributed by atoms with van der Waals surface area (Å²) >= 11 is 6.03. The van der Waals surface area contributed by atoms with Crippen LogP contribution in [0.3, 0.4) is 0 Å². The molecule has 1 aromatic carbocycles. The number of nitrogens with one attached hydrogen (secondary N) is 1. The first-order valence-electron chi connectivity index (χ1n) is 6.70. The third kappa shape index (κ3) is 3.84. The van der Waals surface area contributed by atoms with E-state index in [1.165, 1.54) is 24.6 Å². The SMILES string of the molecule is CCCCc1ccc(Oc2nc(NC)ncc2Cl)cc1. The number of hydrogen-bond donors (Lipinski definition) is 1. The zero-order valence-electron chi connectivity index (χ0n) is 11.7. The normalized spacial score (nSPS) is 10.3. The number of halogens is 1. The summed E-state index contributed by atoms with van der Waals surface area (Å²) in [6.07, 6.45) is 5.01. The predicted molar refractivity (Wildman–Crippen MR) is 81.7 cm³/mol. The number of nitrogens with zero attached hydrogens (tertiary/aromatic N) is 2. The van der Waals surface area contributed by atoms with E-state index in [1.807, 2.05) is 12.1 Å². The van der Waals surface area contributed by atoms with Crippen LogP contribution in [-0.4, -0.2) is 17.0 Å². The first-order valence-corrected chi connectivity index (χ1v) is 7.07. The van der Waals surface area contributed by atoms with Gasteiger partial charge in [-0.2, -0.15) is 4.98 Å². The van der Waals surface area contributed by atoms with Gasteiger partial charge in [0.15, 0.2) is 0 Å². The van der Waals surface area contributed by atoms with E-state index in [0.29, 0.717) is 22.6 Å². The van der Waals surface area contributed by atoms with Gasteiger partial charge in [0.25, 0.3) is 0 Å². The van der Waals surface area contributed by atoms with Crippen LogP contribution >= 0.6 is 11.6 Å². The van der Waals surface area contributed by atoms with Crippen molar-refractivity contribution in [1.82, 2.24) is 9.97 Å². The Morgan fingerprint density at radius 2 is 2.00 bits per heavy atom. The Morgan fingerprint density at radius 3 is 2.65 bits per heavy atom. The average molecular weight is 292 g/mol. The minimum Gasteiger partial charge on any atom is -0.437 e. The van der Waals surface area contributed by atoms with Gasteiger partial charge in [-0.25, -0.2) is 4.98 Å². The quantitative estimate of drug-likeness (QED) is 0.861. The molecule has 0 atom stereocenters. The molecule has 0 bridgehead atoms. The van der Waals surface area contributed by atoms with Gasteiger partial charge in [-0.15, -0.1) is 0 Å². The van der Waals surface area contributed by atoms with Gasteiger partial charge >= 0.3 is 0 Å². The number of benzene rings is 1. The molecule has 0 aliphatic heterocycles. The van der Waals surface area contributed by atoms with E-state index in [9.17, 15) is 0 Å². The van der Waals surface area contributed by atoms with Gasteiger partial charge < -0.3 is 10.1 Å². The lowest BCUT2D eigenvalue weighted by molar-refractivity contribution is 0.462. The smallest absolute Gasteiger partial charge is 0.243 e. The molecule has 4 nitrogen and oxygen atoms in total. The molecule has 1 heterocycles. The van der Waals surface area contributed by atoms with Gasteiger partial charge in [-0.05, 0) is 30.5 Å². The third-order valence-electron chi connectivity index (χ3n) is 2.89. The summed E-state index contributed by atoms with van der Waals surface area (Å²) in [6.45, 7) is 2.19. The van der Waals surface area contributed by atoms with E-state index in [4.69, 9.17) is 16.3 Å². The highest BCUT2D eigenvalue weighted by molar-refractivity contribution is 6.31. The molecule has 1 aromatic heterocycles. The van der Waals surface area contributed by atoms with Gasteiger partial charge in [-0.3, -0.25) is 0 Å². The molecule has 2 rings (SSSR count). The fraction of sp³-hybridized carbons (Fsp3) is 0.333. The van der Waals surface area contributed by atoms with Crippen LogP contribution in [0, 0.1) is 0 Å². The monoisotopic (exact) mass is 291 g/mol. The highest BCUT2D eigenvalue weighted by Crippen LogP contribution is 2.27. The van der Waals surface area contributed by atoms with E-state index in [2.05, 4.69) is 34.3 Å². The second kappa shape index (κ2) is 7.10. The van der Waals surface area contributed by atoms with Crippen LogP contribution in [0.15, 0.2) is 30.5 Å². The molecule has 0 spiro atoms. The minimum atomic E-state index is 0.354. The Hall–Kier alpha value is -1.81. The molecule has 106 valence electrons. The molecule has 2 aromatic rings. The summed E-state index contributed by atoms with van der Waals surface area (Å²) in [5.41, 5.74) is 1.31. The number of hydrogen-bond acceptors (Lipinski definition) is 4. The second-order valence-electron chi connectivity index (χ2n) is 4.45. The van der Waals surface area contributed by atoms with E-state index in [0.717, 1.165) is 6.42 Å². The summed E-state index contributed by atoms with van der Waals surface area (Å²) in [4.78, 5) is 8.19. The predicted octanol–water partition coefficient (Wildman–Crippen LogP) is 4.31. The Bertz CT molecular complexity index is 558. The van der Waals surface area contributed by atoms with Crippen LogP contribution in [0.25, 0.3) is 0 Å². The number of ether oxygens (including phenoxy) is 1. The lowest BCUT2D eigenvalue weighted by Gasteiger charge is -2.08. The van der Waals surface area contributed by atoms with Crippen LogP contribution in [0.5, 0.6) is 11.6 Å². The number of aryl methyl sites for hydroxylation is 1. The molecule has 5 heteroatoms. The molecule has 0 fully saturated rings. The maximum Gasteiger partial charge on any atom is 0.243 e. The van der Waals surface area contributed by atoms with E-state index in [-0.39, 0.29) is 0 Å². The van der Waals surface area contributed by atoms with Crippen LogP contribution in [0.1, 0.15) is 25.3 Å². The second-order valence-corrected chi connectivity index (χ2v) is 4.85. The molecule has 0 aliphatic rings. The number of anilines is 1. The molecular formula is C15H18ClN3O. The first kappa shape index (κ1) is 14.6. The van der Waals surface area contributed by atoms with Gasteiger partial charge in [0.1, 0.15) is 10.8 Å². The van der Waals surface area contributed by atoms with Crippen molar-refractivity contribution in [3.8, 4) is 11.6 Å². The molecule has 0 saturated heterocycles. The number of rotatable bonds is 6. The van der Waals surface area contributed by atoms with Gasteiger partial charge in [0.2, 0.25) is 11.8 Å². The number of aromatic nitrogens is 2. The highest BCUT2D eigenvalue weighted by Gasteiger charge is 2.07. The maximum atomic E-state index is 6.03. The molecule has 20 heavy (non-hydrogen) atoms. The van der Waals surface area contributed by atoms with Crippen molar-refractivity contribution >= 4 is 17.5 Å². The highest BCUT2D eigenvalue weighted by atomic mass is 35.5. The van der Waals surface area contributed by atoms with Crippen LogP contribution in [-0.2, 0) is 6.42 Å². The van der Waals surface area contributed by atoms with E-state index >= 15 is 0 Å². The van der Waals surface area contributed by atoms with Crippen LogP contribution in [0.2, 0.25) is 5.02 Å². The first-order chi connectivity index (χ1) is 9.72. The summed E-state index contributed by atoms with van der Waals surface area (Å²) in [7, 11) is 1.75. The zero-order chi connectivity index (χ0) is 14.4. The molecule has 0 saturated carbocycles. The van der Waals surface area contributed by atoms with Gasteiger partial charge in [-0.1, -0.05) is 37.1 Å². The Labute approximate surface area is 124 Å². The Kier molecular flexibility index (Phi) is 5.18. The van der Waals surface area contributed by atoms with Crippen molar-refractivity contribution in [2.75, 3.05) is 12.4 Å². The van der Waals surface area contributed by atoms with Gasteiger partial charge in [0.05, 0.1) is 6.20 Å². The van der Waals surface area contributed by atoms with E-state index in [1.54, 1.807) is 7.05 Å². The zero-order valence-corrected chi connectivity index (χ0v) is 12.4. The van der Waals surface area contributed by atoms with Crippen molar-refractivity contribution in [2.24, 2.45) is 0 Å². The average Bonchev–Trinajstić information content (AvgIpc) is 2.49. The lowest BCUT2D eigenvalue weighted by Crippen LogP contribution is -1.98. The van der Waals surface area contributed by atoms with E-state index < -0.39 is 0 Å². The fourth-order valence-electron chi connectivity index (χ4n) is 1.76. The summed E-state index contributed by atoms with van der Waals surface area (Å²) in [6, 6.07) is 8.00. The Morgan fingerprint density at radius 1 is 1.25 bits per heavy atom. The number of unbranched alkanes of at least 4 members (excludes halogenated alkanes) is 1. The van der Waals surface area contributed by atoms with Crippen LogP contribution < -0.4 is 10.1 Å².